The van der Waals surface area contributed by atoms with E-state index in [1.807, 2.05) is 12.1 Å². The number of carbonyl (C=O) groups is 2. The van der Waals surface area contributed by atoms with Crippen molar-refractivity contribution in [3.05, 3.63) is 35.4 Å². The molecule has 5 nitrogen and oxygen atoms in total. The van der Waals surface area contributed by atoms with Gasteiger partial charge in [0.15, 0.2) is 0 Å². The van der Waals surface area contributed by atoms with Gasteiger partial charge in [-0.05, 0) is 43.4 Å². The van der Waals surface area contributed by atoms with E-state index in [1.54, 1.807) is 19.1 Å². The highest BCUT2D eigenvalue weighted by Crippen LogP contribution is 2.36. The van der Waals surface area contributed by atoms with Crippen molar-refractivity contribution in [3.63, 3.8) is 0 Å². The molecule has 1 saturated carbocycles. The van der Waals surface area contributed by atoms with Crippen LogP contribution in [0.5, 0.6) is 0 Å². The Morgan fingerprint density at radius 1 is 1.32 bits per heavy atom. The minimum Gasteiger partial charge on any atom is -0.481 e. The second-order valence-corrected chi connectivity index (χ2v) is 6.27. The molecule has 1 amide bonds. The summed E-state index contributed by atoms with van der Waals surface area (Å²) in [4.78, 5) is 23.3. The van der Waals surface area contributed by atoms with Gasteiger partial charge in [-0.15, -0.1) is 0 Å². The lowest BCUT2D eigenvalue weighted by Gasteiger charge is -2.29. The number of carboxylic acid groups (broad SMARTS) is 1. The van der Waals surface area contributed by atoms with Crippen LogP contribution < -0.4 is 5.32 Å². The van der Waals surface area contributed by atoms with Gasteiger partial charge in [-0.1, -0.05) is 18.6 Å². The van der Waals surface area contributed by atoms with Crippen molar-refractivity contribution in [3.8, 4) is 0 Å². The number of amides is 1. The molecule has 22 heavy (non-hydrogen) atoms. The maximum Gasteiger partial charge on any atom is 0.305 e. The summed E-state index contributed by atoms with van der Waals surface area (Å²) in [6.45, 7) is 1.82. The van der Waals surface area contributed by atoms with Gasteiger partial charge in [-0.2, -0.15) is 0 Å². The van der Waals surface area contributed by atoms with Crippen molar-refractivity contribution in [1.82, 2.24) is 5.32 Å². The van der Waals surface area contributed by atoms with Gasteiger partial charge < -0.3 is 15.2 Å². The quantitative estimate of drug-likeness (QED) is 0.812. The summed E-state index contributed by atoms with van der Waals surface area (Å²) in [6.07, 6.45) is 3.52. The highest BCUT2D eigenvalue weighted by Gasteiger charge is 2.30. The summed E-state index contributed by atoms with van der Waals surface area (Å²) >= 11 is 0. The Balaban J connectivity index is 2.04. The minimum atomic E-state index is -0.972. The lowest BCUT2D eigenvalue weighted by atomic mass is 9.80. The molecule has 1 aromatic rings. The maximum atomic E-state index is 12.3. The highest BCUT2D eigenvalue weighted by molar-refractivity contribution is 5.95. The number of rotatable bonds is 7. The van der Waals surface area contributed by atoms with Gasteiger partial charge in [-0.25, -0.2) is 0 Å². The predicted molar refractivity (Wildman–Crippen MR) is 83.0 cm³/mol. The predicted octanol–water partition coefficient (Wildman–Crippen LogP) is 2.56. The van der Waals surface area contributed by atoms with E-state index < -0.39 is 11.5 Å². The first-order valence-electron chi connectivity index (χ1n) is 7.57. The van der Waals surface area contributed by atoms with Crippen molar-refractivity contribution >= 4 is 11.9 Å². The van der Waals surface area contributed by atoms with Gasteiger partial charge in [0.2, 0.25) is 0 Å². The van der Waals surface area contributed by atoms with Crippen LogP contribution in [0.15, 0.2) is 24.3 Å². The smallest absolute Gasteiger partial charge is 0.305 e. The lowest BCUT2D eigenvalue weighted by Crippen LogP contribution is -2.50. The number of carboxylic acids is 1. The van der Waals surface area contributed by atoms with E-state index in [0.717, 1.165) is 0 Å². The number of nitrogens with one attached hydrogen (secondary N) is 1. The molecule has 2 N–H and O–H groups in total. The lowest BCUT2D eigenvalue weighted by molar-refractivity contribution is -0.139. The summed E-state index contributed by atoms with van der Waals surface area (Å²) < 4.78 is 5.04. The molecule has 5 heteroatoms. The van der Waals surface area contributed by atoms with Crippen LogP contribution in [-0.4, -0.2) is 36.2 Å². The molecule has 0 heterocycles. The van der Waals surface area contributed by atoms with Crippen LogP contribution in [0.4, 0.5) is 0 Å². The third-order valence-electron chi connectivity index (χ3n) is 4.17. The first-order valence-corrected chi connectivity index (χ1v) is 7.57. The number of ether oxygens (including phenoxy) is 1. The van der Waals surface area contributed by atoms with Gasteiger partial charge in [0.1, 0.15) is 0 Å². The van der Waals surface area contributed by atoms with Gasteiger partial charge in [0, 0.05) is 12.7 Å². The molecule has 1 aliphatic rings. The van der Waals surface area contributed by atoms with Crippen LogP contribution in [0.2, 0.25) is 0 Å². The minimum absolute atomic E-state index is 0.144. The number of hydrogen-bond acceptors (Lipinski definition) is 3. The van der Waals surface area contributed by atoms with E-state index in [1.165, 1.54) is 31.9 Å². The average Bonchev–Trinajstić information content (AvgIpc) is 2.36. The van der Waals surface area contributed by atoms with Crippen LogP contribution in [0.3, 0.4) is 0 Å². The van der Waals surface area contributed by atoms with Crippen LogP contribution >= 0.6 is 0 Å². The molecule has 1 atom stereocenters. The molecule has 1 aliphatic carbocycles. The van der Waals surface area contributed by atoms with Crippen LogP contribution in [0, 0.1) is 0 Å². The Hall–Kier alpha value is -1.88. The molecular formula is C17H23NO4. The first-order chi connectivity index (χ1) is 10.4. The second kappa shape index (κ2) is 6.92. The first kappa shape index (κ1) is 16.5. The molecule has 0 bridgehead atoms. The Bertz CT molecular complexity index is 536. The zero-order valence-electron chi connectivity index (χ0n) is 13.1. The summed E-state index contributed by atoms with van der Waals surface area (Å²) in [5, 5.41) is 11.8. The van der Waals surface area contributed by atoms with E-state index in [9.17, 15) is 9.59 Å². The fraction of sp³-hybridized carbons (Fsp3) is 0.529. The third kappa shape index (κ3) is 4.07. The molecule has 1 aromatic carbocycles. The Morgan fingerprint density at radius 3 is 2.41 bits per heavy atom. The van der Waals surface area contributed by atoms with E-state index in [2.05, 4.69) is 5.32 Å². The number of hydrogen-bond donors (Lipinski definition) is 2. The Labute approximate surface area is 130 Å². The topological polar surface area (TPSA) is 75.6 Å². The van der Waals surface area contributed by atoms with Gasteiger partial charge in [-0.3, -0.25) is 9.59 Å². The molecule has 1 fully saturated rings. The van der Waals surface area contributed by atoms with Gasteiger partial charge in [0.25, 0.3) is 5.91 Å². The second-order valence-electron chi connectivity index (χ2n) is 6.27. The summed E-state index contributed by atoms with van der Waals surface area (Å²) in [7, 11) is 1.49. The van der Waals surface area contributed by atoms with Crippen molar-refractivity contribution in [1.29, 1.82) is 0 Å². The molecule has 0 radical (unpaired) electrons. The van der Waals surface area contributed by atoms with Crippen molar-refractivity contribution in [2.24, 2.45) is 0 Å². The number of methoxy groups -OCH3 is 1. The molecule has 2 rings (SSSR count). The largest absolute Gasteiger partial charge is 0.481 e. The van der Waals surface area contributed by atoms with Gasteiger partial charge >= 0.3 is 5.97 Å². The average molecular weight is 305 g/mol. The van der Waals surface area contributed by atoms with Crippen molar-refractivity contribution in [2.45, 2.75) is 44.1 Å². The molecular weight excluding hydrogens is 282 g/mol. The van der Waals surface area contributed by atoms with Crippen LogP contribution in [-0.2, 0) is 9.53 Å². The summed E-state index contributed by atoms with van der Waals surface area (Å²) in [6, 6.07) is 7.58. The third-order valence-corrected chi connectivity index (χ3v) is 4.17. The molecule has 0 aliphatic heterocycles. The molecule has 120 valence electrons. The molecule has 0 saturated heterocycles. The Kier molecular flexibility index (Phi) is 5.19. The summed E-state index contributed by atoms with van der Waals surface area (Å²) in [5.74, 6) is -0.621. The van der Waals surface area contributed by atoms with Crippen LogP contribution in [0.25, 0.3) is 0 Å². The number of aliphatic carboxylic acids is 1. The van der Waals surface area contributed by atoms with Crippen molar-refractivity contribution in [2.75, 3.05) is 13.7 Å². The zero-order valence-corrected chi connectivity index (χ0v) is 13.1. The normalized spacial score (nSPS) is 17.4. The molecule has 0 spiro atoms. The maximum absolute atomic E-state index is 12.3. The van der Waals surface area contributed by atoms with Crippen LogP contribution in [0.1, 0.15) is 54.4 Å². The highest BCUT2D eigenvalue weighted by atomic mass is 16.5. The molecule has 1 unspecified atom stereocenters. The van der Waals surface area contributed by atoms with Gasteiger partial charge in [0.05, 0.1) is 18.6 Å². The summed E-state index contributed by atoms with van der Waals surface area (Å²) in [5.41, 5.74) is 0.883. The van der Waals surface area contributed by atoms with E-state index >= 15 is 0 Å². The van der Waals surface area contributed by atoms with E-state index in [0.29, 0.717) is 11.5 Å². The SMILES string of the molecule is COCC(C)(CC(=O)O)NC(=O)c1ccc(C2CCC2)cc1. The fourth-order valence-electron chi connectivity index (χ4n) is 2.78. The Morgan fingerprint density at radius 2 is 1.95 bits per heavy atom. The zero-order chi connectivity index (χ0) is 16.2. The van der Waals surface area contributed by atoms with Crippen molar-refractivity contribution < 1.29 is 19.4 Å². The number of benzene rings is 1. The monoisotopic (exact) mass is 305 g/mol. The fourth-order valence-corrected chi connectivity index (χ4v) is 2.78. The van der Waals surface area contributed by atoms with E-state index in [-0.39, 0.29) is 18.9 Å². The molecule has 0 aromatic heterocycles. The van der Waals surface area contributed by atoms with E-state index in [4.69, 9.17) is 9.84 Å². The number of carbonyl (C=O) groups excluding carboxylic acids is 1. The standard InChI is InChI=1S/C17H23NO4/c1-17(11-22-2,10-15(19)20)18-16(21)14-8-6-13(7-9-14)12-4-3-5-12/h6-9,12H,3-5,10-11H2,1-2H3,(H,18,21)(H,19,20).